The van der Waals surface area contributed by atoms with Crippen LogP contribution in [0.25, 0.3) is 0 Å². The molecule has 0 bridgehead atoms. The SMILES string of the molecule is CCc1ccc(C2CNCCN2CC2CCOC2)cc1. The number of hydrogen-bond acceptors (Lipinski definition) is 3. The van der Waals surface area contributed by atoms with Crippen LogP contribution in [-0.2, 0) is 11.2 Å². The van der Waals surface area contributed by atoms with Crippen molar-refractivity contribution in [3.63, 3.8) is 0 Å². The van der Waals surface area contributed by atoms with Gasteiger partial charge in [0.2, 0.25) is 0 Å². The molecule has 3 nitrogen and oxygen atoms in total. The second-order valence-electron chi connectivity index (χ2n) is 6.04. The maximum atomic E-state index is 5.53. The molecule has 0 amide bonds. The topological polar surface area (TPSA) is 24.5 Å². The summed E-state index contributed by atoms with van der Waals surface area (Å²) in [7, 11) is 0. The Hall–Kier alpha value is -0.900. The standard InChI is InChI=1S/C17H26N2O/c1-2-14-3-5-16(6-4-14)17-11-18-8-9-19(17)12-15-7-10-20-13-15/h3-6,15,17-18H,2,7-13H2,1H3. The minimum absolute atomic E-state index is 0.523. The van der Waals surface area contributed by atoms with E-state index < -0.39 is 0 Å². The Morgan fingerprint density at radius 1 is 1.30 bits per heavy atom. The van der Waals surface area contributed by atoms with Crippen molar-refractivity contribution in [2.45, 2.75) is 25.8 Å². The van der Waals surface area contributed by atoms with Crippen LogP contribution in [0.15, 0.2) is 24.3 Å². The molecule has 2 unspecified atom stereocenters. The first kappa shape index (κ1) is 14.1. The van der Waals surface area contributed by atoms with Gasteiger partial charge >= 0.3 is 0 Å². The summed E-state index contributed by atoms with van der Waals surface area (Å²) in [4.78, 5) is 2.65. The predicted molar refractivity (Wildman–Crippen MR) is 81.9 cm³/mol. The Morgan fingerprint density at radius 3 is 2.85 bits per heavy atom. The number of nitrogens with one attached hydrogen (secondary N) is 1. The van der Waals surface area contributed by atoms with E-state index in [1.165, 1.54) is 24.1 Å². The third-order valence-electron chi connectivity index (χ3n) is 4.64. The molecule has 2 saturated heterocycles. The van der Waals surface area contributed by atoms with Crippen LogP contribution in [0.2, 0.25) is 0 Å². The van der Waals surface area contributed by atoms with Gasteiger partial charge in [-0.1, -0.05) is 31.2 Å². The fourth-order valence-corrected chi connectivity index (χ4v) is 3.33. The Bertz CT molecular complexity index is 412. The van der Waals surface area contributed by atoms with Crippen molar-refractivity contribution >= 4 is 0 Å². The smallest absolute Gasteiger partial charge is 0.0507 e. The van der Waals surface area contributed by atoms with E-state index in [1.54, 1.807) is 0 Å². The number of ether oxygens (including phenoxy) is 1. The van der Waals surface area contributed by atoms with Gasteiger partial charge in [0.1, 0.15) is 0 Å². The van der Waals surface area contributed by atoms with Gasteiger partial charge in [-0.3, -0.25) is 4.90 Å². The second kappa shape index (κ2) is 6.70. The number of piperazine rings is 1. The summed E-state index contributed by atoms with van der Waals surface area (Å²) in [6, 6.07) is 9.71. The van der Waals surface area contributed by atoms with Crippen LogP contribution in [0.1, 0.15) is 30.5 Å². The first-order valence-electron chi connectivity index (χ1n) is 7.98. The van der Waals surface area contributed by atoms with Gasteiger partial charge in [0.15, 0.2) is 0 Å². The van der Waals surface area contributed by atoms with Crippen molar-refractivity contribution in [2.24, 2.45) is 5.92 Å². The molecule has 2 fully saturated rings. The highest BCUT2D eigenvalue weighted by Crippen LogP contribution is 2.25. The molecular formula is C17H26N2O. The van der Waals surface area contributed by atoms with E-state index in [2.05, 4.69) is 41.4 Å². The van der Waals surface area contributed by atoms with E-state index in [4.69, 9.17) is 4.74 Å². The summed E-state index contributed by atoms with van der Waals surface area (Å²) in [5.41, 5.74) is 2.88. The third-order valence-corrected chi connectivity index (χ3v) is 4.64. The minimum atomic E-state index is 0.523. The van der Waals surface area contributed by atoms with Gasteiger partial charge in [-0.05, 0) is 29.9 Å². The molecule has 3 rings (SSSR count). The molecule has 2 atom stereocenters. The molecular weight excluding hydrogens is 248 g/mol. The van der Waals surface area contributed by atoms with Gasteiger partial charge in [-0.25, -0.2) is 0 Å². The van der Waals surface area contributed by atoms with Crippen molar-refractivity contribution in [2.75, 3.05) is 39.4 Å². The Morgan fingerprint density at radius 2 is 2.15 bits per heavy atom. The number of hydrogen-bond donors (Lipinski definition) is 1. The molecule has 0 saturated carbocycles. The molecule has 0 aliphatic carbocycles. The van der Waals surface area contributed by atoms with E-state index in [0.29, 0.717) is 6.04 Å². The number of aryl methyl sites for hydroxylation is 1. The van der Waals surface area contributed by atoms with E-state index in [9.17, 15) is 0 Å². The van der Waals surface area contributed by atoms with Gasteiger partial charge in [0.25, 0.3) is 0 Å². The van der Waals surface area contributed by atoms with Crippen molar-refractivity contribution in [3.05, 3.63) is 35.4 Å². The van der Waals surface area contributed by atoms with E-state index in [1.807, 2.05) is 0 Å². The molecule has 0 aromatic heterocycles. The molecule has 3 heteroatoms. The fraction of sp³-hybridized carbons (Fsp3) is 0.647. The van der Waals surface area contributed by atoms with Crippen LogP contribution >= 0.6 is 0 Å². The zero-order valence-electron chi connectivity index (χ0n) is 12.5. The highest BCUT2D eigenvalue weighted by atomic mass is 16.5. The van der Waals surface area contributed by atoms with Gasteiger partial charge in [0.05, 0.1) is 6.61 Å². The first-order chi connectivity index (χ1) is 9.86. The molecule has 0 radical (unpaired) electrons. The van der Waals surface area contributed by atoms with Gasteiger partial charge < -0.3 is 10.1 Å². The third kappa shape index (κ3) is 3.22. The monoisotopic (exact) mass is 274 g/mol. The molecule has 1 aromatic rings. The molecule has 2 aliphatic heterocycles. The maximum Gasteiger partial charge on any atom is 0.0507 e. The summed E-state index contributed by atoms with van der Waals surface area (Å²) in [5, 5.41) is 3.54. The molecule has 0 spiro atoms. The van der Waals surface area contributed by atoms with Gasteiger partial charge in [-0.15, -0.1) is 0 Å². The molecule has 1 N–H and O–H groups in total. The van der Waals surface area contributed by atoms with Gasteiger partial charge in [0, 0.05) is 38.8 Å². The molecule has 2 heterocycles. The van der Waals surface area contributed by atoms with E-state index in [-0.39, 0.29) is 0 Å². The van der Waals surface area contributed by atoms with Crippen molar-refractivity contribution < 1.29 is 4.74 Å². The van der Waals surface area contributed by atoms with Crippen LogP contribution in [-0.4, -0.2) is 44.3 Å². The highest BCUT2D eigenvalue weighted by molar-refractivity contribution is 5.25. The van der Waals surface area contributed by atoms with Crippen LogP contribution in [0, 0.1) is 5.92 Å². The minimum Gasteiger partial charge on any atom is -0.381 e. The highest BCUT2D eigenvalue weighted by Gasteiger charge is 2.27. The molecule has 20 heavy (non-hydrogen) atoms. The van der Waals surface area contributed by atoms with Crippen molar-refractivity contribution in [1.29, 1.82) is 0 Å². The average molecular weight is 274 g/mol. The quantitative estimate of drug-likeness (QED) is 0.911. The van der Waals surface area contributed by atoms with E-state index in [0.717, 1.165) is 45.2 Å². The number of rotatable bonds is 4. The predicted octanol–water partition coefficient (Wildman–Crippen LogP) is 2.23. The summed E-state index contributed by atoms with van der Waals surface area (Å²) >= 11 is 0. The fourth-order valence-electron chi connectivity index (χ4n) is 3.33. The number of nitrogens with zero attached hydrogens (tertiary/aromatic N) is 1. The summed E-state index contributed by atoms with van der Waals surface area (Å²) < 4.78 is 5.53. The normalized spacial score (nSPS) is 27.9. The zero-order valence-corrected chi connectivity index (χ0v) is 12.5. The summed E-state index contributed by atoms with van der Waals surface area (Å²) in [5.74, 6) is 0.727. The molecule has 110 valence electrons. The largest absolute Gasteiger partial charge is 0.381 e. The van der Waals surface area contributed by atoms with Crippen LogP contribution < -0.4 is 5.32 Å². The maximum absolute atomic E-state index is 5.53. The lowest BCUT2D eigenvalue weighted by molar-refractivity contribution is 0.123. The van der Waals surface area contributed by atoms with Crippen molar-refractivity contribution in [1.82, 2.24) is 10.2 Å². The first-order valence-corrected chi connectivity index (χ1v) is 7.98. The van der Waals surface area contributed by atoms with E-state index >= 15 is 0 Å². The van der Waals surface area contributed by atoms with Gasteiger partial charge in [-0.2, -0.15) is 0 Å². The lowest BCUT2D eigenvalue weighted by atomic mass is 9.99. The summed E-state index contributed by atoms with van der Waals surface area (Å²) in [6.07, 6.45) is 2.34. The Labute approximate surface area is 122 Å². The van der Waals surface area contributed by atoms with Crippen molar-refractivity contribution in [3.8, 4) is 0 Å². The molecule has 1 aromatic carbocycles. The summed E-state index contributed by atoms with van der Waals surface area (Å²) in [6.45, 7) is 8.62. The van der Waals surface area contributed by atoms with Crippen LogP contribution in [0.5, 0.6) is 0 Å². The second-order valence-corrected chi connectivity index (χ2v) is 6.04. The number of benzene rings is 1. The Balaban J connectivity index is 1.69. The lowest BCUT2D eigenvalue weighted by Crippen LogP contribution is -2.47. The zero-order chi connectivity index (χ0) is 13.8. The molecule has 2 aliphatic rings. The average Bonchev–Trinajstić information content (AvgIpc) is 3.01. The lowest BCUT2D eigenvalue weighted by Gasteiger charge is -2.37. The van der Waals surface area contributed by atoms with Crippen LogP contribution in [0.4, 0.5) is 0 Å². The van der Waals surface area contributed by atoms with Crippen LogP contribution in [0.3, 0.4) is 0 Å². The Kier molecular flexibility index (Phi) is 4.71.